The molecule has 0 amide bonds. The Hall–Kier alpha value is -2.22. The zero-order valence-electron chi connectivity index (χ0n) is 11.8. The smallest absolute Gasteiger partial charge is 0.299 e. The van der Waals surface area contributed by atoms with E-state index in [4.69, 9.17) is 5.73 Å². The highest BCUT2D eigenvalue weighted by Crippen LogP contribution is 2.35. The van der Waals surface area contributed by atoms with Gasteiger partial charge in [0.25, 0.3) is 11.4 Å². The Morgan fingerprint density at radius 1 is 1.33 bits per heavy atom. The Kier molecular flexibility index (Phi) is 4.37. The number of non-ortho nitro benzene ring substituents is 1. The number of nitrogens with two attached hydrogens (primary N) is 1. The van der Waals surface area contributed by atoms with Gasteiger partial charge in [-0.1, -0.05) is 6.92 Å². The van der Waals surface area contributed by atoms with Crippen molar-refractivity contribution < 1.29 is 9.85 Å². The molecule has 1 fully saturated rings. The van der Waals surface area contributed by atoms with Gasteiger partial charge in [-0.05, 0) is 30.9 Å². The van der Waals surface area contributed by atoms with E-state index < -0.39 is 9.85 Å². The summed E-state index contributed by atoms with van der Waals surface area (Å²) in [5, 5.41) is 21.9. The number of hydrogen-bond acceptors (Lipinski definition) is 6. The van der Waals surface area contributed by atoms with Gasteiger partial charge in [0.15, 0.2) is 0 Å². The maximum atomic E-state index is 11.2. The van der Waals surface area contributed by atoms with Gasteiger partial charge in [-0.2, -0.15) is 0 Å². The number of nitro groups is 2. The summed E-state index contributed by atoms with van der Waals surface area (Å²) in [4.78, 5) is 22.6. The lowest BCUT2D eigenvalue weighted by Gasteiger charge is -2.37. The zero-order valence-corrected chi connectivity index (χ0v) is 11.8. The molecule has 0 aromatic heterocycles. The first-order chi connectivity index (χ1) is 9.93. The van der Waals surface area contributed by atoms with Crippen LogP contribution in [0.2, 0.25) is 0 Å². The number of anilines is 1. The maximum absolute atomic E-state index is 11.2. The first-order valence-corrected chi connectivity index (χ1v) is 6.82. The number of nitro benzene ring substituents is 2. The third-order valence-electron chi connectivity index (χ3n) is 4.12. The summed E-state index contributed by atoms with van der Waals surface area (Å²) in [7, 11) is 0. The summed E-state index contributed by atoms with van der Waals surface area (Å²) >= 11 is 0. The fourth-order valence-electron chi connectivity index (χ4n) is 2.71. The number of rotatable bonds is 4. The molecule has 1 aromatic rings. The van der Waals surface area contributed by atoms with Gasteiger partial charge in [0.05, 0.1) is 15.9 Å². The van der Waals surface area contributed by atoms with Crippen molar-refractivity contribution >= 4 is 17.1 Å². The van der Waals surface area contributed by atoms with Crippen molar-refractivity contribution in [2.75, 3.05) is 24.5 Å². The highest BCUT2D eigenvalue weighted by molar-refractivity contribution is 5.67. The maximum Gasteiger partial charge on any atom is 0.299 e. The van der Waals surface area contributed by atoms with E-state index in [0.717, 1.165) is 12.5 Å². The standard InChI is InChI=1S/C13H18N4O4/c1-9-4-5-15(8-10(9)7-14)12-3-2-11(16(18)19)6-13(12)17(20)21/h2-3,6,9-10H,4-5,7-8,14H2,1H3. The van der Waals surface area contributed by atoms with Crippen LogP contribution < -0.4 is 10.6 Å². The highest BCUT2D eigenvalue weighted by Gasteiger charge is 2.30. The van der Waals surface area contributed by atoms with Gasteiger partial charge in [-0.25, -0.2) is 0 Å². The Morgan fingerprint density at radius 3 is 2.62 bits per heavy atom. The van der Waals surface area contributed by atoms with Crippen LogP contribution in [-0.2, 0) is 0 Å². The fourth-order valence-corrected chi connectivity index (χ4v) is 2.71. The highest BCUT2D eigenvalue weighted by atomic mass is 16.6. The second kappa shape index (κ2) is 6.04. The van der Waals surface area contributed by atoms with Crippen molar-refractivity contribution in [3.8, 4) is 0 Å². The van der Waals surface area contributed by atoms with Crippen LogP contribution in [0.25, 0.3) is 0 Å². The van der Waals surface area contributed by atoms with E-state index in [0.29, 0.717) is 31.2 Å². The first kappa shape index (κ1) is 15.2. The second-order valence-corrected chi connectivity index (χ2v) is 5.39. The Balaban J connectivity index is 2.35. The SMILES string of the molecule is CC1CCN(c2ccc([N+](=O)[O-])cc2[N+](=O)[O-])CC1CN. The first-order valence-electron chi connectivity index (χ1n) is 6.82. The molecule has 1 aromatic carbocycles. The summed E-state index contributed by atoms with van der Waals surface area (Å²) < 4.78 is 0. The van der Waals surface area contributed by atoms with Crippen molar-refractivity contribution in [1.82, 2.24) is 0 Å². The van der Waals surface area contributed by atoms with Crippen molar-refractivity contribution in [1.29, 1.82) is 0 Å². The molecular weight excluding hydrogens is 276 g/mol. The van der Waals surface area contributed by atoms with E-state index >= 15 is 0 Å². The molecule has 2 N–H and O–H groups in total. The minimum Gasteiger partial charge on any atom is -0.366 e. The number of piperidine rings is 1. The number of nitrogens with zero attached hydrogens (tertiary/aromatic N) is 3. The molecule has 21 heavy (non-hydrogen) atoms. The van der Waals surface area contributed by atoms with Gasteiger partial charge in [-0.3, -0.25) is 20.2 Å². The molecule has 2 rings (SSSR count). The van der Waals surface area contributed by atoms with Gasteiger partial charge in [0.1, 0.15) is 5.69 Å². The van der Waals surface area contributed by atoms with E-state index in [9.17, 15) is 20.2 Å². The molecule has 0 aliphatic carbocycles. The third-order valence-corrected chi connectivity index (χ3v) is 4.12. The molecule has 0 radical (unpaired) electrons. The van der Waals surface area contributed by atoms with Crippen molar-refractivity contribution in [2.45, 2.75) is 13.3 Å². The molecule has 114 valence electrons. The molecule has 1 aliphatic rings. The van der Waals surface area contributed by atoms with Gasteiger partial charge in [0.2, 0.25) is 0 Å². The predicted molar refractivity (Wildman–Crippen MR) is 78.3 cm³/mol. The lowest BCUT2D eigenvalue weighted by molar-refractivity contribution is -0.393. The lowest BCUT2D eigenvalue weighted by Crippen LogP contribution is -2.42. The summed E-state index contributed by atoms with van der Waals surface area (Å²) in [6.45, 7) is 3.98. The molecule has 1 heterocycles. The predicted octanol–water partition coefficient (Wildman–Crippen LogP) is 1.92. The fraction of sp³-hybridized carbons (Fsp3) is 0.538. The van der Waals surface area contributed by atoms with Crippen molar-refractivity contribution in [2.24, 2.45) is 17.6 Å². The Morgan fingerprint density at radius 2 is 2.05 bits per heavy atom. The molecule has 2 unspecified atom stereocenters. The monoisotopic (exact) mass is 294 g/mol. The zero-order chi connectivity index (χ0) is 15.6. The van der Waals surface area contributed by atoms with Gasteiger partial charge < -0.3 is 10.6 Å². The average Bonchev–Trinajstić information content (AvgIpc) is 2.47. The van der Waals surface area contributed by atoms with Crippen LogP contribution in [0.5, 0.6) is 0 Å². The minimum atomic E-state index is -0.627. The molecule has 0 saturated carbocycles. The number of benzene rings is 1. The van der Waals surface area contributed by atoms with Crippen LogP contribution in [0.4, 0.5) is 17.1 Å². The summed E-state index contributed by atoms with van der Waals surface area (Å²) in [6.07, 6.45) is 0.899. The van der Waals surface area contributed by atoms with Crippen LogP contribution in [0.3, 0.4) is 0 Å². The third kappa shape index (κ3) is 3.10. The van der Waals surface area contributed by atoms with Crippen molar-refractivity contribution in [3.63, 3.8) is 0 Å². The van der Waals surface area contributed by atoms with E-state index in [1.54, 1.807) is 0 Å². The molecule has 1 saturated heterocycles. The second-order valence-electron chi connectivity index (χ2n) is 5.39. The van der Waals surface area contributed by atoms with Crippen LogP contribution >= 0.6 is 0 Å². The normalized spacial score (nSPS) is 22.1. The summed E-state index contributed by atoms with van der Waals surface area (Å²) in [5.41, 5.74) is 5.67. The van der Waals surface area contributed by atoms with Crippen LogP contribution in [0.15, 0.2) is 18.2 Å². The van der Waals surface area contributed by atoms with Gasteiger partial charge in [0, 0.05) is 19.2 Å². The van der Waals surface area contributed by atoms with E-state index in [-0.39, 0.29) is 17.3 Å². The van der Waals surface area contributed by atoms with Crippen LogP contribution in [-0.4, -0.2) is 29.5 Å². The van der Waals surface area contributed by atoms with Crippen LogP contribution in [0, 0.1) is 32.1 Å². The van der Waals surface area contributed by atoms with Gasteiger partial charge >= 0.3 is 0 Å². The Bertz CT molecular complexity index is 563. The van der Waals surface area contributed by atoms with E-state index in [1.165, 1.54) is 12.1 Å². The molecule has 1 aliphatic heterocycles. The molecule has 0 spiro atoms. The summed E-state index contributed by atoms with van der Waals surface area (Å²) in [5.74, 6) is 0.747. The van der Waals surface area contributed by atoms with Crippen molar-refractivity contribution in [3.05, 3.63) is 38.4 Å². The summed E-state index contributed by atoms with van der Waals surface area (Å²) in [6, 6.07) is 3.78. The molecular formula is C13H18N4O4. The molecule has 0 bridgehead atoms. The molecule has 8 nitrogen and oxygen atoms in total. The average molecular weight is 294 g/mol. The van der Waals surface area contributed by atoms with Gasteiger partial charge in [-0.15, -0.1) is 0 Å². The Labute approximate surface area is 121 Å². The molecule has 2 atom stereocenters. The molecule has 8 heteroatoms. The topological polar surface area (TPSA) is 116 Å². The van der Waals surface area contributed by atoms with Crippen LogP contribution in [0.1, 0.15) is 13.3 Å². The minimum absolute atomic E-state index is 0.227. The van der Waals surface area contributed by atoms with E-state index in [2.05, 4.69) is 6.92 Å². The lowest BCUT2D eigenvalue weighted by atomic mass is 9.87. The quantitative estimate of drug-likeness (QED) is 0.670. The number of hydrogen-bond donors (Lipinski definition) is 1. The largest absolute Gasteiger partial charge is 0.366 e. The van der Waals surface area contributed by atoms with E-state index in [1.807, 2.05) is 4.90 Å².